The van der Waals surface area contributed by atoms with E-state index in [1.165, 1.54) is 22.3 Å². The summed E-state index contributed by atoms with van der Waals surface area (Å²) in [4.78, 5) is 4.89. The Morgan fingerprint density at radius 2 is 0.616 bits per heavy atom. The Labute approximate surface area is 745 Å². The first-order chi connectivity index (χ1) is 63.0. The number of anilines is 6. The highest BCUT2D eigenvalue weighted by atomic mass is 15.2. The number of hydrogen-bond donors (Lipinski definition) is 0. The van der Waals surface area contributed by atoms with E-state index in [0.717, 1.165) is 149 Å². The standard InChI is InChI=1S/C116H103BN8/c1-111(2,3)74-39-50-98-90(57-74)91-58-75(112(4,5)6)40-51-99(91)121(98)82-46-48-95-106(65-82)125(110-86(71-29-21-19-22-30-71)61-79(116(16,17)18)62-87(110)72-31-23-20-24-32-72)108-67-83(123-100-52-41-76(113(7,8)9)59-92(100)93-60-77(114(10,11)12)42-53-101(93)123)66-107-109(108)117(95)94-47-45-81(120-96-35-27-25-33-84(96)85-34-26-28-36-97(85)120)64-105(94)122(107)80-44-38-73(69-119)104(63-80)124-102-49-37-70(68-118)55-88(102)89-56-78(115(13,14)15)43-54-103(89)124/h19-67H,1-18H3/i25D,26D,27D,28D,33D,34D,35D,36D. The Hall–Kier alpha value is -13.9. The van der Waals surface area contributed by atoms with Crippen molar-refractivity contribution >= 4 is 144 Å². The number of hydrogen-bond acceptors (Lipinski definition) is 4. The summed E-state index contributed by atoms with van der Waals surface area (Å²) in [5, 5.41) is 28.8. The van der Waals surface area contributed by atoms with Crippen LogP contribution in [0, 0.1) is 22.7 Å². The van der Waals surface area contributed by atoms with Gasteiger partial charge in [-0.2, -0.15) is 10.5 Å². The number of para-hydroxylation sites is 2. The van der Waals surface area contributed by atoms with E-state index in [2.05, 4.69) is 367 Å². The number of nitrogens with zero attached hydrogens (tertiary/aromatic N) is 8. The molecule has 0 spiro atoms. The van der Waals surface area contributed by atoms with Crippen molar-refractivity contribution in [3.63, 3.8) is 0 Å². The zero-order valence-electron chi connectivity index (χ0n) is 82.3. The summed E-state index contributed by atoms with van der Waals surface area (Å²) < 4.78 is 85.6. The van der Waals surface area contributed by atoms with Crippen LogP contribution in [0.2, 0.25) is 0 Å². The number of nitriles is 2. The van der Waals surface area contributed by atoms with Crippen molar-refractivity contribution in [3.8, 4) is 57.1 Å². The van der Waals surface area contributed by atoms with E-state index in [-0.39, 0.29) is 54.3 Å². The summed E-state index contributed by atoms with van der Waals surface area (Å²) >= 11 is 0. The molecule has 0 fully saturated rings. The highest BCUT2D eigenvalue weighted by Gasteiger charge is 2.46. The second-order valence-corrected chi connectivity index (χ2v) is 40.7. The highest BCUT2D eigenvalue weighted by Crippen LogP contribution is 2.55. The predicted octanol–water partition coefficient (Wildman–Crippen LogP) is 29.0. The van der Waals surface area contributed by atoms with Crippen LogP contribution in [0.25, 0.3) is 132 Å². The summed E-state index contributed by atoms with van der Waals surface area (Å²) in [7, 11) is 0. The highest BCUT2D eigenvalue weighted by molar-refractivity contribution is 7.00. The minimum Gasteiger partial charge on any atom is -0.311 e. The van der Waals surface area contributed by atoms with E-state index < -0.39 is 55.1 Å². The second-order valence-electron chi connectivity index (χ2n) is 40.7. The Kier molecular flexibility index (Phi) is 15.5. The van der Waals surface area contributed by atoms with Gasteiger partial charge < -0.3 is 28.1 Å². The van der Waals surface area contributed by atoms with Gasteiger partial charge in [0.05, 0.1) is 89.4 Å². The normalized spacial score (nSPS) is 14.2. The third kappa shape index (κ3) is 12.5. The third-order valence-electron chi connectivity index (χ3n) is 26.6. The van der Waals surface area contributed by atoms with Crippen molar-refractivity contribution in [1.82, 2.24) is 18.3 Å². The van der Waals surface area contributed by atoms with E-state index in [1.807, 2.05) is 42.5 Å². The lowest BCUT2D eigenvalue weighted by molar-refractivity contribution is 0.590. The molecular formula is C116H103BN8. The summed E-state index contributed by atoms with van der Waals surface area (Å²) in [5.74, 6) is 0. The molecule has 0 bridgehead atoms. The molecule has 8 nitrogen and oxygen atoms in total. The third-order valence-corrected chi connectivity index (χ3v) is 26.6. The van der Waals surface area contributed by atoms with E-state index in [9.17, 15) is 21.5 Å². The van der Waals surface area contributed by atoms with Crippen molar-refractivity contribution in [2.45, 2.75) is 157 Å². The zero-order chi connectivity index (χ0) is 93.7. The molecule has 610 valence electrons. The van der Waals surface area contributed by atoms with Gasteiger partial charge in [0.1, 0.15) is 6.07 Å². The van der Waals surface area contributed by atoms with Crippen molar-refractivity contribution in [2.75, 3.05) is 9.80 Å². The van der Waals surface area contributed by atoms with Gasteiger partial charge in [0, 0.05) is 94.0 Å². The van der Waals surface area contributed by atoms with Gasteiger partial charge in [-0.3, -0.25) is 0 Å². The molecule has 0 radical (unpaired) electrons. The van der Waals surface area contributed by atoms with Crippen molar-refractivity contribution in [2.24, 2.45) is 0 Å². The molecule has 0 amide bonds. The lowest BCUT2D eigenvalue weighted by atomic mass is 9.33. The van der Waals surface area contributed by atoms with Crippen LogP contribution in [-0.4, -0.2) is 25.0 Å². The molecule has 15 aromatic carbocycles. The van der Waals surface area contributed by atoms with E-state index >= 15 is 0 Å². The van der Waals surface area contributed by atoms with Crippen LogP contribution in [0.15, 0.2) is 297 Å². The largest absolute Gasteiger partial charge is 0.311 e. The molecule has 0 unspecified atom stereocenters. The monoisotopic (exact) mass is 1630 g/mol. The zero-order valence-corrected chi connectivity index (χ0v) is 74.3. The van der Waals surface area contributed by atoms with Gasteiger partial charge in [0.2, 0.25) is 0 Å². The van der Waals surface area contributed by atoms with Crippen molar-refractivity contribution in [1.29, 1.82) is 10.5 Å². The molecule has 0 aliphatic carbocycles. The summed E-state index contributed by atoms with van der Waals surface area (Å²) in [6, 6.07) is 91.8. The quantitative estimate of drug-likeness (QED) is 0.142. The molecule has 125 heavy (non-hydrogen) atoms. The fourth-order valence-corrected chi connectivity index (χ4v) is 19.8. The average Bonchev–Trinajstić information content (AvgIpc) is 1.55. The molecule has 2 aliphatic heterocycles. The lowest BCUT2D eigenvalue weighted by Gasteiger charge is -2.45. The maximum Gasteiger partial charge on any atom is 0.252 e. The molecule has 4 aromatic heterocycles. The van der Waals surface area contributed by atoms with Crippen molar-refractivity contribution < 1.29 is 11.0 Å². The van der Waals surface area contributed by atoms with Crippen LogP contribution < -0.4 is 26.2 Å². The van der Waals surface area contributed by atoms with Crippen LogP contribution in [0.5, 0.6) is 0 Å². The summed E-state index contributed by atoms with van der Waals surface area (Å²) in [5.41, 5.74) is 26.3. The first-order valence-electron chi connectivity index (χ1n) is 47.6. The summed E-state index contributed by atoms with van der Waals surface area (Å²) in [6.45, 7) is 40.1. The average molecular weight is 1630 g/mol. The van der Waals surface area contributed by atoms with Gasteiger partial charge in [-0.25, -0.2) is 0 Å². The van der Waals surface area contributed by atoms with E-state index in [1.54, 1.807) is 4.57 Å². The van der Waals surface area contributed by atoms with Crippen LogP contribution >= 0.6 is 0 Å². The Morgan fingerprint density at radius 3 is 1.02 bits per heavy atom. The molecule has 0 atom stereocenters. The van der Waals surface area contributed by atoms with Crippen molar-refractivity contribution in [3.05, 3.63) is 342 Å². The fourth-order valence-electron chi connectivity index (χ4n) is 19.8. The molecular weight excluding hydrogens is 1520 g/mol. The van der Waals surface area contributed by atoms with Gasteiger partial charge >= 0.3 is 0 Å². The molecule has 0 saturated carbocycles. The molecule has 9 heteroatoms. The van der Waals surface area contributed by atoms with Gasteiger partial charge in [0.25, 0.3) is 6.71 Å². The Morgan fingerprint density at radius 1 is 0.272 bits per heavy atom. The number of benzene rings is 15. The smallest absolute Gasteiger partial charge is 0.252 e. The SMILES string of the molecule is [2H]c1c([2H])c([2H])c2c(c1[2H])c1c([2H])c([2H])c([2H])c([2H])c1n2-c1ccc2c(c1)N(c1ccc(C#N)c(-n3c4ccc(C#N)cc4c4cc(C(C)(C)C)ccc43)c1)c1cc(-n3c4ccc(C(C)(C)C)cc4c4cc(C(C)(C)C)ccc43)cc3c1B2c1ccc(-n2c4ccc(C(C)(C)C)cc4c4cc(C(C)(C)C)ccc42)cc1N3c1c(-c2ccccc2)cc(C(C)(C)C)cc1-c1ccccc1. The first-order valence-corrected chi connectivity index (χ1v) is 43.6. The molecule has 2 aliphatic rings. The maximum atomic E-state index is 12.0. The Bertz CT molecular complexity index is 8120. The van der Waals surface area contributed by atoms with E-state index in [4.69, 9.17) is 0 Å². The Balaban J connectivity index is 0.980. The molecule has 6 heterocycles. The lowest BCUT2D eigenvalue weighted by Crippen LogP contribution is -2.61. The van der Waals surface area contributed by atoms with E-state index in [0.29, 0.717) is 33.9 Å². The topological polar surface area (TPSA) is 73.8 Å². The van der Waals surface area contributed by atoms with Crippen LogP contribution in [0.1, 0.15) is 180 Å². The molecule has 0 saturated heterocycles. The van der Waals surface area contributed by atoms with Gasteiger partial charge in [-0.1, -0.05) is 264 Å². The first kappa shape index (κ1) is 69.6. The van der Waals surface area contributed by atoms with Crippen LogP contribution in [-0.2, 0) is 32.5 Å². The van der Waals surface area contributed by atoms with Gasteiger partial charge in [-0.15, -0.1) is 0 Å². The number of aromatic nitrogens is 4. The predicted molar refractivity (Wildman–Crippen MR) is 530 cm³/mol. The minimum atomic E-state index is -0.646. The van der Waals surface area contributed by atoms with Crippen LogP contribution in [0.4, 0.5) is 34.1 Å². The van der Waals surface area contributed by atoms with Gasteiger partial charge in [-0.05, 0) is 251 Å². The number of rotatable bonds is 8. The molecule has 21 rings (SSSR count). The number of fused-ring (bicyclic) bond motifs is 16. The molecule has 0 N–H and O–H groups in total. The fraction of sp³-hybridized carbons (Fsp3) is 0.207. The van der Waals surface area contributed by atoms with Gasteiger partial charge in [0.15, 0.2) is 0 Å². The molecule has 19 aromatic rings. The second kappa shape index (κ2) is 27.8. The van der Waals surface area contributed by atoms with Crippen LogP contribution in [0.3, 0.4) is 0 Å². The maximum absolute atomic E-state index is 12.0. The minimum absolute atomic E-state index is 0.0153. The summed E-state index contributed by atoms with van der Waals surface area (Å²) in [6.07, 6.45) is 0.